The van der Waals surface area contributed by atoms with Gasteiger partial charge < -0.3 is 4.90 Å². The molecule has 1 amide bonds. The van der Waals surface area contributed by atoms with E-state index in [9.17, 15) is 4.79 Å². The zero-order valence-corrected chi connectivity index (χ0v) is 15.6. The molecular formula is C20H26N2OS. The fourth-order valence-corrected chi connectivity index (χ4v) is 4.11. The van der Waals surface area contributed by atoms with Crippen molar-refractivity contribution in [1.82, 2.24) is 9.80 Å². The van der Waals surface area contributed by atoms with Crippen LogP contribution in [0.15, 0.2) is 35.7 Å². The fraction of sp³-hybridized carbons (Fsp3) is 0.450. The zero-order valence-electron chi connectivity index (χ0n) is 14.8. The van der Waals surface area contributed by atoms with E-state index in [-0.39, 0.29) is 5.91 Å². The van der Waals surface area contributed by atoms with Gasteiger partial charge in [0.25, 0.3) is 5.91 Å². The van der Waals surface area contributed by atoms with Crippen molar-refractivity contribution in [3.8, 4) is 11.1 Å². The first kappa shape index (κ1) is 17.2. The van der Waals surface area contributed by atoms with E-state index in [0.29, 0.717) is 5.92 Å². The third-order valence-electron chi connectivity index (χ3n) is 4.50. The molecule has 4 heteroatoms. The minimum Gasteiger partial charge on any atom is -0.335 e. The minimum atomic E-state index is 0.185. The second-order valence-electron chi connectivity index (χ2n) is 7.02. The van der Waals surface area contributed by atoms with Crippen molar-refractivity contribution in [2.45, 2.75) is 20.8 Å². The van der Waals surface area contributed by atoms with Crippen molar-refractivity contribution < 1.29 is 4.79 Å². The molecule has 24 heavy (non-hydrogen) atoms. The molecule has 0 N–H and O–H groups in total. The van der Waals surface area contributed by atoms with Crippen molar-refractivity contribution in [3.63, 3.8) is 0 Å². The van der Waals surface area contributed by atoms with Gasteiger partial charge in [-0.1, -0.05) is 43.7 Å². The molecule has 128 valence electrons. The van der Waals surface area contributed by atoms with Gasteiger partial charge in [0.15, 0.2) is 0 Å². The van der Waals surface area contributed by atoms with Gasteiger partial charge in [-0.15, -0.1) is 11.3 Å². The number of carbonyl (C=O) groups is 1. The topological polar surface area (TPSA) is 23.6 Å². The maximum absolute atomic E-state index is 13.0. The smallest absolute Gasteiger partial charge is 0.264 e. The van der Waals surface area contributed by atoms with E-state index in [1.165, 1.54) is 5.56 Å². The molecule has 2 heterocycles. The summed E-state index contributed by atoms with van der Waals surface area (Å²) in [4.78, 5) is 18.3. The number of hydrogen-bond donors (Lipinski definition) is 0. The van der Waals surface area contributed by atoms with E-state index in [4.69, 9.17) is 0 Å². The zero-order chi connectivity index (χ0) is 17.1. The highest BCUT2D eigenvalue weighted by atomic mass is 32.1. The predicted molar refractivity (Wildman–Crippen MR) is 102 cm³/mol. The highest BCUT2D eigenvalue weighted by molar-refractivity contribution is 7.12. The first-order valence-corrected chi connectivity index (χ1v) is 9.58. The number of nitrogens with zero attached hydrogens (tertiary/aromatic N) is 2. The first-order valence-electron chi connectivity index (χ1n) is 8.71. The van der Waals surface area contributed by atoms with E-state index >= 15 is 0 Å². The van der Waals surface area contributed by atoms with E-state index < -0.39 is 0 Å². The molecule has 1 aliphatic heterocycles. The van der Waals surface area contributed by atoms with E-state index in [0.717, 1.165) is 48.7 Å². The fourth-order valence-electron chi connectivity index (χ4n) is 3.23. The van der Waals surface area contributed by atoms with Crippen molar-refractivity contribution in [1.29, 1.82) is 0 Å². The van der Waals surface area contributed by atoms with Crippen LogP contribution < -0.4 is 0 Å². The van der Waals surface area contributed by atoms with Crippen LogP contribution in [0.5, 0.6) is 0 Å². The molecule has 0 unspecified atom stereocenters. The predicted octanol–water partition coefficient (Wildman–Crippen LogP) is 4.14. The molecule has 0 atom stereocenters. The number of thiophene rings is 1. The molecule has 3 nitrogen and oxygen atoms in total. The summed E-state index contributed by atoms with van der Waals surface area (Å²) in [7, 11) is 0. The van der Waals surface area contributed by atoms with Crippen LogP contribution in [0.1, 0.15) is 29.1 Å². The second-order valence-corrected chi connectivity index (χ2v) is 7.93. The Morgan fingerprint density at radius 1 is 1.08 bits per heavy atom. The average Bonchev–Trinajstić information content (AvgIpc) is 3.04. The van der Waals surface area contributed by atoms with Gasteiger partial charge in [0, 0.05) is 38.3 Å². The number of amides is 1. The third-order valence-corrected chi connectivity index (χ3v) is 5.41. The van der Waals surface area contributed by atoms with Gasteiger partial charge in [-0.05, 0) is 29.9 Å². The van der Waals surface area contributed by atoms with Crippen LogP contribution >= 0.6 is 11.3 Å². The lowest BCUT2D eigenvalue weighted by Gasteiger charge is -2.35. The summed E-state index contributed by atoms with van der Waals surface area (Å²) in [6, 6.07) is 10.5. The normalized spacial score (nSPS) is 15.9. The van der Waals surface area contributed by atoms with E-state index in [1.54, 1.807) is 11.3 Å². The van der Waals surface area contributed by atoms with Crippen molar-refractivity contribution >= 4 is 17.2 Å². The SMILES string of the molecule is Cc1ccc(-c2ccsc2C(=O)N2CCN(CC(C)C)CC2)cc1. The second kappa shape index (κ2) is 7.49. The summed E-state index contributed by atoms with van der Waals surface area (Å²) in [5.41, 5.74) is 3.43. The summed E-state index contributed by atoms with van der Waals surface area (Å²) >= 11 is 1.56. The molecule has 0 bridgehead atoms. The first-order chi connectivity index (χ1) is 11.5. The highest BCUT2D eigenvalue weighted by Crippen LogP contribution is 2.30. The molecule has 0 aliphatic carbocycles. The lowest BCUT2D eigenvalue weighted by atomic mass is 10.0. The lowest BCUT2D eigenvalue weighted by molar-refractivity contribution is 0.0629. The van der Waals surface area contributed by atoms with Crippen molar-refractivity contribution in [2.24, 2.45) is 5.92 Å². The monoisotopic (exact) mass is 342 g/mol. The molecule has 1 saturated heterocycles. The largest absolute Gasteiger partial charge is 0.335 e. The van der Waals surface area contributed by atoms with Crippen LogP contribution in [0.25, 0.3) is 11.1 Å². The van der Waals surface area contributed by atoms with Crippen LogP contribution in [0.4, 0.5) is 0 Å². The van der Waals surface area contributed by atoms with Gasteiger partial charge in [-0.3, -0.25) is 9.69 Å². The van der Waals surface area contributed by atoms with Gasteiger partial charge in [-0.2, -0.15) is 0 Å². The maximum Gasteiger partial charge on any atom is 0.264 e. The Labute approximate surface area is 148 Å². The van der Waals surface area contributed by atoms with Crippen molar-refractivity contribution in [2.75, 3.05) is 32.7 Å². The number of carbonyl (C=O) groups excluding carboxylic acids is 1. The quantitative estimate of drug-likeness (QED) is 0.834. The Bertz CT molecular complexity index is 682. The molecule has 1 fully saturated rings. The Kier molecular flexibility index (Phi) is 5.36. The maximum atomic E-state index is 13.0. The van der Waals surface area contributed by atoms with E-state index in [1.807, 2.05) is 10.3 Å². The number of hydrogen-bond acceptors (Lipinski definition) is 3. The molecule has 1 aromatic carbocycles. The third kappa shape index (κ3) is 3.87. The molecule has 3 rings (SSSR count). The summed E-state index contributed by atoms with van der Waals surface area (Å²) in [5.74, 6) is 0.863. The van der Waals surface area contributed by atoms with Gasteiger partial charge in [0.05, 0.1) is 4.88 Å². The Hall–Kier alpha value is -1.65. The molecule has 1 aliphatic rings. The lowest BCUT2D eigenvalue weighted by Crippen LogP contribution is -2.49. The van der Waals surface area contributed by atoms with Crippen LogP contribution in [-0.4, -0.2) is 48.4 Å². The summed E-state index contributed by atoms with van der Waals surface area (Å²) in [6.45, 7) is 11.3. The van der Waals surface area contributed by atoms with Gasteiger partial charge in [0.1, 0.15) is 0 Å². The number of piperazine rings is 1. The van der Waals surface area contributed by atoms with Crippen LogP contribution in [0, 0.1) is 12.8 Å². The van der Waals surface area contributed by atoms with Gasteiger partial charge >= 0.3 is 0 Å². The van der Waals surface area contributed by atoms with Crippen LogP contribution in [0.3, 0.4) is 0 Å². The average molecular weight is 343 g/mol. The molecule has 2 aromatic rings. The minimum absolute atomic E-state index is 0.185. The van der Waals surface area contributed by atoms with E-state index in [2.05, 4.69) is 56.0 Å². The molecule has 0 spiro atoms. The number of aryl methyl sites for hydroxylation is 1. The summed E-state index contributed by atoms with van der Waals surface area (Å²) in [5, 5.41) is 2.03. The summed E-state index contributed by atoms with van der Waals surface area (Å²) < 4.78 is 0. The molecular weight excluding hydrogens is 316 g/mol. The molecule has 1 aromatic heterocycles. The number of rotatable bonds is 4. The van der Waals surface area contributed by atoms with Crippen molar-refractivity contribution in [3.05, 3.63) is 46.2 Å². The molecule has 0 saturated carbocycles. The Morgan fingerprint density at radius 2 is 1.75 bits per heavy atom. The van der Waals surface area contributed by atoms with Crippen LogP contribution in [0.2, 0.25) is 0 Å². The molecule has 0 radical (unpaired) electrons. The standard InChI is InChI=1S/C20H26N2OS/c1-15(2)14-21-9-11-22(12-10-21)20(23)19-18(8-13-24-19)17-6-4-16(3)5-7-17/h4-8,13,15H,9-12,14H2,1-3H3. The Morgan fingerprint density at radius 3 is 2.38 bits per heavy atom. The van der Waals surface area contributed by atoms with Gasteiger partial charge in [0.2, 0.25) is 0 Å². The highest BCUT2D eigenvalue weighted by Gasteiger charge is 2.25. The van der Waals surface area contributed by atoms with Gasteiger partial charge in [-0.25, -0.2) is 0 Å². The Balaban J connectivity index is 1.71. The van der Waals surface area contributed by atoms with Crippen LogP contribution in [-0.2, 0) is 0 Å². The summed E-state index contributed by atoms with van der Waals surface area (Å²) in [6.07, 6.45) is 0. The number of benzene rings is 1.